The van der Waals surface area contributed by atoms with Gasteiger partial charge in [0.05, 0.1) is 19.8 Å². The first kappa shape index (κ1) is 14.8. The number of hydrogen-bond donors (Lipinski definition) is 1. The number of nitrogens with one attached hydrogen (secondary N) is 1. The molecule has 1 aromatic carbocycles. The van der Waals surface area contributed by atoms with Crippen molar-refractivity contribution in [2.75, 3.05) is 13.7 Å². The predicted octanol–water partition coefficient (Wildman–Crippen LogP) is 3.40. The molecular formula is C15H20N2O2S. The summed E-state index contributed by atoms with van der Waals surface area (Å²) in [7, 11) is 1.65. The summed E-state index contributed by atoms with van der Waals surface area (Å²) in [5.41, 5.74) is 1.16. The van der Waals surface area contributed by atoms with Gasteiger partial charge in [-0.2, -0.15) is 0 Å². The zero-order chi connectivity index (χ0) is 14.4. The predicted molar refractivity (Wildman–Crippen MR) is 81.5 cm³/mol. The van der Waals surface area contributed by atoms with Crippen LogP contribution in [-0.2, 0) is 6.54 Å². The van der Waals surface area contributed by atoms with E-state index in [2.05, 4.69) is 17.2 Å². The summed E-state index contributed by atoms with van der Waals surface area (Å²) in [6.07, 6.45) is 1.83. The zero-order valence-electron chi connectivity index (χ0n) is 12.1. The maximum Gasteiger partial charge on any atom is 0.161 e. The molecule has 2 aromatic rings. The molecule has 1 heterocycles. The fraction of sp³-hybridized carbons (Fsp3) is 0.400. The Bertz CT molecular complexity index is 529. The molecule has 4 nitrogen and oxygen atoms in total. The number of thiazole rings is 1. The van der Waals surface area contributed by atoms with E-state index in [0.29, 0.717) is 6.61 Å². The highest BCUT2D eigenvalue weighted by Crippen LogP contribution is 2.28. The fourth-order valence-electron chi connectivity index (χ4n) is 1.91. The molecular weight excluding hydrogens is 272 g/mol. The Morgan fingerprint density at radius 3 is 2.85 bits per heavy atom. The molecule has 1 aromatic heterocycles. The highest BCUT2D eigenvalue weighted by Gasteiger charge is 2.09. The van der Waals surface area contributed by atoms with Crippen molar-refractivity contribution in [2.24, 2.45) is 0 Å². The molecule has 0 spiro atoms. The van der Waals surface area contributed by atoms with Gasteiger partial charge in [-0.15, -0.1) is 11.3 Å². The van der Waals surface area contributed by atoms with Crippen molar-refractivity contribution in [3.63, 3.8) is 0 Å². The Morgan fingerprint density at radius 2 is 2.20 bits per heavy atom. The van der Waals surface area contributed by atoms with Crippen molar-refractivity contribution in [2.45, 2.75) is 26.4 Å². The lowest BCUT2D eigenvalue weighted by Crippen LogP contribution is -2.17. The molecule has 0 amide bonds. The van der Waals surface area contributed by atoms with Crippen molar-refractivity contribution in [3.8, 4) is 11.5 Å². The van der Waals surface area contributed by atoms with Crippen LogP contribution in [0.2, 0.25) is 0 Å². The Balaban J connectivity index is 2.00. The van der Waals surface area contributed by atoms with Crippen LogP contribution in [0.5, 0.6) is 11.5 Å². The minimum Gasteiger partial charge on any atom is -0.493 e. The Morgan fingerprint density at radius 1 is 1.35 bits per heavy atom. The average Bonchev–Trinajstić information content (AvgIpc) is 2.99. The monoisotopic (exact) mass is 292 g/mol. The van der Waals surface area contributed by atoms with E-state index in [1.165, 1.54) is 0 Å². The van der Waals surface area contributed by atoms with Crippen LogP contribution in [0.25, 0.3) is 0 Å². The van der Waals surface area contributed by atoms with E-state index >= 15 is 0 Å². The van der Waals surface area contributed by atoms with Gasteiger partial charge in [0.25, 0.3) is 0 Å². The maximum absolute atomic E-state index is 5.58. The van der Waals surface area contributed by atoms with Gasteiger partial charge in [-0.3, -0.25) is 0 Å². The molecule has 0 bridgehead atoms. The standard InChI is InChI=1S/C15H20N2O2S/c1-4-19-14-9-12(5-6-13(14)18-3)10-17-11(2)15-16-7-8-20-15/h5-9,11,17H,4,10H2,1-3H3. The largest absolute Gasteiger partial charge is 0.493 e. The third kappa shape index (κ3) is 3.71. The number of aromatic nitrogens is 1. The van der Waals surface area contributed by atoms with Gasteiger partial charge in [0.1, 0.15) is 5.01 Å². The highest BCUT2D eigenvalue weighted by atomic mass is 32.1. The van der Waals surface area contributed by atoms with E-state index in [-0.39, 0.29) is 6.04 Å². The van der Waals surface area contributed by atoms with Crippen molar-refractivity contribution in [3.05, 3.63) is 40.3 Å². The molecule has 20 heavy (non-hydrogen) atoms. The van der Waals surface area contributed by atoms with Crippen molar-refractivity contribution < 1.29 is 9.47 Å². The van der Waals surface area contributed by atoms with Gasteiger partial charge in [0.2, 0.25) is 0 Å². The lowest BCUT2D eigenvalue weighted by atomic mass is 10.2. The molecule has 1 atom stereocenters. The molecule has 1 N–H and O–H groups in total. The van der Waals surface area contributed by atoms with Gasteiger partial charge in [0.15, 0.2) is 11.5 Å². The van der Waals surface area contributed by atoms with Gasteiger partial charge in [0, 0.05) is 18.1 Å². The molecule has 0 saturated carbocycles. The second-order valence-corrected chi connectivity index (χ2v) is 5.32. The summed E-state index contributed by atoms with van der Waals surface area (Å²) in [5.74, 6) is 1.56. The van der Waals surface area contributed by atoms with Gasteiger partial charge >= 0.3 is 0 Å². The van der Waals surface area contributed by atoms with E-state index in [0.717, 1.165) is 28.6 Å². The van der Waals surface area contributed by atoms with Crippen molar-refractivity contribution >= 4 is 11.3 Å². The molecule has 0 fully saturated rings. The molecule has 1 unspecified atom stereocenters. The Kier molecular flexibility index (Phi) is 5.38. The fourth-order valence-corrected chi connectivity index (χ4v) is 2.58. The minimum atomic E-state index is 0.243. The van der Waals surface area contributed by atoms with Crippen molar-refractivity contribution in [1.82, 2.24) is 10.3 Å². The van der Waals surface area contributed by atoms with Gasteiger partial charge in [-0.25, -0.2) is 4.98 Å². The quantitative estimate of drug-likeness (QED) is 0.849. The van der Waals surface area contributed by atoms with Crippen LogP contribution >= 0.6 is 11.3 Å². The number of methoxy groups -OCH3 is 1. The number of nitrogens with zero attached hydrogens (tertiary/aromatic N) is 1. The third-order valence-corrected chi connectivity index (χ3v) is 3.92. The SMILES string of the molecule is CCOc1cc(CNC(C)c2nccs2)ccc1OC. The summed E-state index contributed by atoms with van der Waals surface area (Å²) in [6, 6.07) is 6.25. The number of benzene rings is 1. The van der Waals surface area contributed by atoms with Gasteiger partial charge in [-0.05, 0) is 31.5 Å². The second kappa shape index (κ2) is 7.26. The van der Waals surface area contributed by atoms with Crippen LogP contribution in [0.3, 0.4) is 0 Å². The van der Waals surface area contributed by atoms with Crippen LogP contribution in [0.15, 0.2) is 29.8 Å². The summed E-state index contributed by atoms with van der Waals surface area (Å²) >= 11 is 1.67. The molecule has 108 valence electrons. The van der Waals surface area contributed by atoms with E-state index < -0.39 is 0 Å². The minimum absolute atomic E-state index is 0.243. The summed E-state index contributed by atoms with van der Waals surface area (Å²) in [4.78, 5) is 4.31. The van der Waals surface area contributed by atoms with Crippen LogP contribution < -0.4 is 14.8 Å². The average molecular weight is 292 g/mol. The first-order chi connectivity index (χ1) is 9.74. The molecule has 0 saturated heterocycles. The van der Waals surface area contributed by atoms with Gasteiger partial charge in [-0.1, -0.05) is 6.07 Å². The van der Waals surface area contributed by atoms with Crippen molar-refractivity contribution in [1.29, 1.82) is 0 Å². The second-order valence-electron chi connectivity index (χ2n) is 4.39. The lowest BCUT2D eigenvalue weighted by molar-refractivity contribution is 0.310. The van der Waals surface area contributed by atoms with Crippen LogP contribution in [0.4, 0.5) is 0 Å². The van der Waals surface area contributed by atoms with E-state index in [4.69, 9.17) is 9.47 Å². The normalized spacial score (nSPS) is 12.2. The molecule has 2 rings (SSSR count). The van der Waals surface area contributed by atoms with Crippen LogP contribution in [0.1, 0.15) is 30.5 Å². The lowest BCUT2D eigenvalue weighted by Gasteiger charge is -2.14. The van der Waals surface area contributed by atoms with Crippen LogP contribution in [-0.4, -0.2) is 18.7 Å². The Hall–Kier alpha value is -1.59. The van der Waals surface area contributed by atoms with E-state index in [1.807, 2.05) is 36.7 Å². The molecule has 0 aliphatic rings. The maximum atomic E-state index is 5.58. The summed E-state index contributed by atoms with van der Waals surface area (Å²) < 4.78 is 10.9. The molecule has 0 aliphatic heterocycles. The third-order valence-electron chi connectivity index (χ3n) is 2.96. The summed E-state index contributed by atoms with van der Waals surface area (Å²) in [5, 5.41) is 6.55. The topological polar surface area (TPSA) is 43.4 Å². The summed E-state index contributed by atoms with van der Waals surface area (Å²) in [6.45, 7) is 5.48. The highest BCUT2D eigenvalue weighted by molar-refractivity contribution is 7.09. The smallest absolute Gasteiger partial charge is 0.161 e. The molecule has 0 aliphatic carbocycles. The number of rotatable bonds is 7. The number of ether oxygens (including phenoxy) is 2. The van der Waals surface area contributed by atoms with E-state index in [1.54, 1.807) is 18.4 Å². The molecule has 0 radical (unpaired) electrons. The van der Waals surface area contributed by atoms with E-state index in [9.17, 15) is 0 Å². The zero-order valence-corrected chi connectivity index (χ0v) is 12.9. The number of hydrogen-bond acceptors (Lipinski definition) is 5. The Labute approximate surface area is 123 Å². The molecule has 5 heteroatoms. The first-order valence-electron chi connectivity index (χ1n) is 6.67. The first-order valence-corrected chi connectivity index (χ1v) is 7.55. The van der Waals surface area contributed by atoms with Gasteiger partial charge < -0.3 is 14.8 Å². The van der Waals surface area contributed by atoms with Crippen LogP contribution in [0, 0.1) is 0 Å².